The van der Waals surface area contributed by atoms with E-state index in [-0.39, 0.29) is 31.5 Å². The van der Waals surface area contributed by atoms with Gasteiger partial charge in [0.25, 0.3) is 0 Å². The van der Waals surface area contributed by atoms with Crippen LogP contribution in [0.4, 0.5) is 14.5 Å². The number of carbonyl (C=O) groups excluding carboxylic acids is 2. The van der Waals surface area contributed by atoms with Crippen LogP contribution in [0.2, 0.25) is 0 Å². The van der Waals surface area contributed by atoms with Crippen LogP contribution in [0.15, 0.2) is 18.2 Å². The van der Waals surface area contributed by atoms with Crippen molar-refractivity contribution in [3.63, 3.8) is 0 Å². The summed E-state index contributed by atoms with van der Waals surface area (Å²) in [4.78, 5) is 25.1. The molecule has 1 aromatic rings. The van der Waals surface area contributed by atoms with Crippen LogP contribution in [0.25, 0.3) is 0 Å². The Labute approximate surface area is 167 Å². The first kappa shape index (κ1) is 21.4. The molecule has 0 unspecified atom stereocenters. The summed E-state index contributed by atoms with van der Waals surface area (Å²) in [6.45, 7) is 0.958. The molecule has 1 N–H and O–H groups in total. The molecule has 3 rings (SSSR count). The summed E-state index contributed by atoms with van der Waals surface area (Å²) >= 11 is 0. The van der Waals surface area contributed by atoms with Gasteiger partial charge in [-0.05, 0) is 25.0 Å². The van der Waals surface area contributed by atoms with Crippen molar-refractivity contribution >= 4 is 17.6 Å². The smallest absolute Gasteiger partial charge is 0.312 e. The molecule has 1 saturated heterocycles. The zero-order valence-electron chi connectivity index (χ0n) is 16.5. The number of methoxy groups -OCH3 is 2. The largest absolute Gasteiger partial charge is 0.469 e. The second kappa shape index (κ2) is 8.62. The van der Waals surface area contributed by atoms with Gasteiger partial charge >= 0.3 is 11.9 Å². The Kier molecular flexibility index (Phi) is 6.38. The molecule has 2 aliphatic rings. The van der Waals surface area contributed by atoms with Gasteiger partial charge in [-0.2, -0.15) is 0 Å². The highest BCUT2D eigenvalue weighted by Crippen LogP contribution is 2.51. The minimum Gasteiger partial charge on any atom is -0.469 e. The molecule has 9 heteroatoms. The van der Waals surface area contributed by atoms with E-state index in [4.69, 9.17) is 18.9 Å². The third kappa shape index (κ3) is 4.67. The van der Waals surface area contributed by atoms with Crippen molar-refractivity contribution in [2.75, 3.05) is 39.3 Å². The molecule has 0 bridgehead atoms. The molecular formula is C20H25F2NO6. The molecule has 1 aliphatic heterocycles. The molecule has 2 fully saturated rings. The molecular weight excluding hydrogens is 388 g/mol. The average molecular weight is 413 g/mol. The van der Waals surface area contributed by atoms with E-state index in [1.807, 2.05) is 0 Å². The van der Waals surface area contributed by atoms with Crippen LogP contribution in [0.1, 0.15) is 25.7 Å². The minimum absolute atomic E-state index is 0.208. The Morgan fingerprint density at radius 3 is 2.34 bits per heavy atom. The SMILES string of the molecule is COC(=O)[C@@H]1CC2(C[C@@](CCNc3cc(F)cc(F)c3)(C(=O)OC)C1)OCCO2. The second-order valence-electron chi connectivity index (χ2n) is 7.52. The Hall–Kier alpha value is -2.26. The summed E-state index contributed by atoms with van der Waals surface area (Å²) in [7, 11) is 2.57. The Morgan fingerprint density at radius 2 is 1.76 bits per heavy atom. The summed E-state index contributed by atoms with van der Waals surface area (Å²) in [5.41, 5.74) is -0.819. The van der Waals surface area contributed by atoms with Crippen molar-refractivity contribution in [3.8, 4) is 0 Å². The molecule has 0 amide bonds. The normalized spacial score (nSPS) is 25.6. The van der Waals surface area contributed by atoms with E-state index in [1.165, 1.54) is 14.2 Å². The highest BCUT2D eigenvalue weighted by molar-refractivity contribution is 5.80. The standard InChI is InChI=1S/C20H25F2NO6/c1-26-17(24)13-10-19(18(25)27-2,12-20(11-13)28-5-6-29-20)3-4-23-16-8-14(21)7-15(22)9-16/h7-9,13,23H,3-6,10-12H2,1-2H3/t13-,19-/m0/s1. The van der Waals surface area contributed by atoms with Crippen molar-refractivity contribution in [1.29, 1.82) is 0 Å². The maximum atomic E-state index is 13.4. The minimum atomic E-state index is -1.07. The van der Waals surface area contributed by atoms with Crippen LogP contribution in [0.5, 0.6) is 0 Å². The Morgan fingerprint density at radius 1 is 1.10 bits per heavy atom. The number of rotatable bonds is 6. The van der Waals surface area contributed by atoms with Gasteiger partial charge in [0.15, 0.2) is 5.79 Å². The molecule has 1 aromatic carbocycles. The quantitative estimate of drug-likeness (QED) is 0.718. The lowest BCUT2D eigenvalue weighted by molar-refractivity contribution is -0.224. The van der Waals surface area contributed by atoms with Crippen LogP contribution < -0.4 is 5.32 Å². The predicted molar refractivity (Wildman–Crippen MR) is 97.9 cm³/mol. The van der Waals surface area contributed by atoms with E-state index in [9.17, 15) is 18.4 Å². The third-order valence-electron chi connectivity index (χ3n) is 5.56. The number of halogens is 2. The van der Waals surface area contributed by atoms with E-state index in [2.05, 4.69) is 5.32 Å². The molecule has 1 aliphatic carbocycles. The monoisotopic (exact) mass is 413 g/mol. The third-order valence-corrected chi connectivity index (χ3v) is 5.56. The number of hydrogen-bond acceptors (Lipinski definition) is 7. The van der Waals surface area contributed by atoms with Crippen molar-refractivity contribution < 1.29 is 37.3 Å². The molecule has 0 radical (unpaired) electrons. The van der Waals surface area contributed by atoms with Gasteiger partial charge in [0, 0.05) is 31.1 Å². The van der Waals surface area contributed by atoms with Gasteiger partial charge in [0.2, 0.25) is 0 Å². The molecule has 1 heterocycles. The lowest BCUT2D eigenvalue weighted by atomic mass is 9.65. The van der Waals surface area contributed by atoms with E-state index in [0.29, 0.717) is 19.6 Å². The molecule has 7 nitrogen and oxygen atoms in total. The molecule has 2 atom stereocenters. The van der Waals surface area contributed by atoms with E-state index >= 15 is 0 Å². The molecule has 29 heavy (non-hydrogen) atoms. The zero-order valence-corrected chi connectivity index (χ0v) is 16.5. The van der Waals surface area contributed by atoms with E-state index < -0.39 is 40.7 Å². The van der Waals surface area contributed by atoms with Crippen LogP contribution in [0, 0.1) is 23.0 Å². The number of benzene rings is 1. The zero-order chi connectivity index (χ0) is 21.1. The average Bonchev–Trinajstić information content (AvgIpc) is 3.12. The summed E-state index contributed by atoms with van der Waals surface area (Å²) in [5, 5.41) is 2.93. The lowest BCUT2D eigenvalue weighted by Crippen LogP contribution is -2.52. The van der Waals surface area contributed by atoms with Gasteiger partial charge in [-0.15, -0.1) is 0 Å². The second-order valence-corrected chi connectivity index (χ2v) is 7.52. The summed E-state index contributed by atoms with van der Waals surface area (Å²) < 4.78 is 48.4. The maximum Gasteiger partial charge on any atom is 0.312 e. The number of nitrogens with one attached hydrogen (secondary N) is 1. The van der Waals surface area contributed by atoms with E-state index in [0.717, 1.165) is 18.2 Å². The number of anilines is 1. The lowest BCUT2D eigenvalue weighted by Gasteiger charge is -2.45. The Bertz CT molecular complexity index is 747. The number of ether oxygens (including phenoxy) is 4. The highest BCUT2D eigenvalue weighted by atomic mass is 19.1. The maximum absolute atomic E-state index is 13.4. The van der Waals surface area contributed by atoms with Crippen LogP contribution in [-0.2, 0) is 28.5 Å². The van der Waals surface area contributed by atoms with Gasteiger partial charge in [0.05, 0.1) is 38.8 Å². The summed E-state index contributed by atoms with van der Waals surface area (Å²) in [5.74, 6) is -4.00. The van der Waals surface area contributed by atoms with Crippen molar-refractivity contribution in [2.24, 2.45) is 11.3 Å². The van der Waals surface area contributed by atoms with Crippen molar-refractivity contribution in [2.45, 2.75) is 31.5 Å². The molecule has 0 aromatic heterocycles. The van der Waals surface area contributed by atoms with E-state index in [1.54, 1.807) is 0 Å². The summed E-state index contributed by atoms with van der Waals surface area (Å²) in [6.07, 6.45) is 0.972. The van der Waals surface area contributed by atoms with Crippen LogP contribution in [0.3, 0.4) is 0 Å². The molecule has 1 spiro atoms. The first-order chi connectivity index (χ1) is 13.8. The van der Waals surface area contributed by atoms with Gasteiger partial charge in [-0.3, -0.25) is 9.59 Å². The fourth-order valence-corrected chi connectivity index (χ4v) is 4.40. The summed E-state index contributed by atoms with van der Waals surface area (Å²) in [6, 6.07) is 3.11. The first-order valence-electron chi connectivity index (χ1n) is 9.46. The number of esters is 2. The molecule has 1 saturated carbocycles. The number of carbonyl (C=O) groups is 2. The van der Waals surface area contributed by atoms with Crippen molar-refractivity contribution in [1.82, 2.24) is 0 Å². The highest BCUT2D eigenvalue weighted by Gasteiger charge is 2.57. The van der Waals surface area contributed by atoms with Crippen molar-refractivity contribution in [3.05, 3.63) is 29.8 Å². The van der Waals surface area contributed by atoms with Crippen LogP contribution >= 0.6 is 0 Å². The van der Waals surface area contributed by atoms with Gasteiger partial charge in [-0.1, -0.05) is 0 Å². The topological polar surface area (TPSA) is 83.1 Å². The van der Waals surface area contributed by atoms with Gasteiger partial charge < -0.3 is 24.3 Å². The predicted octanol–water partition coefficient (Wildman–Crippen LogP) is 2.64. The first-order valence-corrected chi connectivity index (χ1v) is 9.46. The molecule has 160 valence electrons. The van der Waals surface area contributed by atoms with Gasteiger partial charge in [0.1, 0.15) is 11.6 Å². The Balaban J connectivity index is 1.81. The fraction of sp³-hybridized carbons (Fsp3) is 0.600. The fourth-order valence-electron chi connectivity index (χ4n) is 4.40. The number of hydrogen-bond donors (Lipinski definition) is 1. The van der Waals surface area contributed by atoms with Gasteiger partial charge in [-0.25, -0.2) is 8.78 Å². The van der Waals surface area contributed by atoms with Crippen LogP contribution in [-0.4, -0.2) is 51.7 Å².